The van der Waals surface area contributed by atoms with E-state index in [2.05, 4.69) is 26.8 Å². The number of para-hydroxylation sites is 1. The molecule has 4 aromatic rings. The Bertz CT molecular complexity index is 1290. The van der Waals surface area contributed by atoms with Crippen LogP contribution >= 0.6 is 0 Å². The zero-order valence-corrected chi connectivity index (χ0v) is 16.0. The second kappa shape index (κ2) is 6.59. The van der Waals surface area contributed by atoms with Crippen LogP contribution in [0.2, 0.25) is 0 Å². The maximum atomic E-state index is 14.6. The van der Waals surface area contributed by atoms with Crippen molar-refractivity contribution >= 4 is 33.3 Å². The van der Waals surface area contributed by atoms with Crippen molar-refractivity contribution in [3.8, 4) is 11.4 Å². The van der Waals surface area contributed by atoms with Crippen LogP contribution in [0.3, 0.4) is 0 Å². The van der Waals surface area contributed by atoms with Crippen LogP contribution in [0.1, 0.15) is 0 Å². The van der Waals surface area contributed by atoms with E-state index in [1.54, 1.807) is 18.2 Å². The fraction of sp³-hybridized carbons (Fsp3) is 0.238. The number of rotatable bonds is 2. The van der Waals surface area contributed by atoms with Gasteiger partial charge in [0.15, 0.2) is 0 Å². The average Bonchev–Trinajstić information content (AvgIpc) is 3.15. The summed E-state index contributed by atoms with van der Waals surface area (Å²) in [6.07, 6.45) is 0. The highest BCUT2D eigenvalue weighted by Gasteiger charge is 2.20. The molecule has 1 aliphatic rings. The molecule has 148 valence electrons. The minimum Gasteiger partial charge on any atom is -0.397 e. The number of aromatic nitrogens is 3. The number of benzene rings is 2. The summed E-state index contributed by atoms with van der Waals surface area (Å²) in [6, 6.07) is 12.6. The van der Waals surface area contributed by atoms with E-state index in [1.165, 1.54) is 6.07 Å². The lowest BCUT2D eigenvalue weighted by Crippen LogP contribution is -2.44. The average molecular weight is 392 g/mol. The highest BCUT2D eigenvalue weighted by atomic mass is 19.2. The summed E-state index contributed by atoms with van der Waals surface area (Å²) in [5.41, 5.74) is 8.42. The lowest BCUT2D eigenvalue weighted by atomic mass is 10.1. The van der Waals surface area contributed by atoms with Gasteiger partial charge in [0.25, 0.3) is 5.56 Å². The summed E-state index contributed by atoms with van der Waals surface area (Å²) < 4.78 is 14.6. The van der Waals surface area contributed by atoms with Crippen LogP contribution in [0.5, 0.6) is 0 Å². The molecule has 0 unspecified atom stereocenters. The van der Waals surface area contributed by atoms with E-state index >= 15 is 0 Å². The number of piperazine rings is 1. The van der Waals surface area contributed by atoms with Crippen LogP contribution in [0, 0.1) is 0 Å². The van der Waals surface area contributed by atoms with Gasteiger partial charge in [-0.15, -0.1) is 4.79 Å². The van der Waals surface area contributed by atoms with Gasteiger partial charge in [-0.1, -0.05) is 22.7 Å². The standard InChI is InChI=1S/C21H21FN6O/c1-26-8-10-27(11-9-26)13-6-7-15-16(12-13)25-20(24-15)18-19(23)14-4-2-3-5-17(14)28(22)21(18)29/h2-7,12H,8-11,23H2,1H3,(H,24,25). The Balaban J connectivity index is 1.62. The zero-order valence-electron chi connectivity index (χ0n) is 16.0. The lowest BCUT2D eigenvalue weighted by Gasteiger charge is -2.34. The maximum absolute atomic E-state index is 14.6. The molecule has 5 rings (SSSR count). The first-order valence-electron chi connectivity index (χ1n) is 9.56. The van der Waals surface area contributed by atoms with Crippen molar-refractivity contribution in [2.45, 2.75) is 0 Å². The van der Waals surface area contributed by atoms with E-state index in [4.69, 9.17) is 5.73 Å². The molecular formula is C21H21FN6O. The van der Waals surface area contributed by atoms with Crippen LogP contribution in [-0.2, 0) is 0 Å². The molecule has 3 N–H and O–H groups in total. The normalized spacial score (nSPS) is 15.4. The van der Waals surface area contributed by atoms with Crippen molar-refractivity contribution < 1.29 is 4.48 Å². The van der Waals surface area contributed by atoms with Crippen molar-refractivity contribution in [2.24, 2.45) is 0 Å². The Hall–Kier alpha value is -3.39. The number of imidazole rings is 1. The quantitative estimate of drug-likeness (QED) is 0.548. The second-order valence-corrected chi connectivity index (χ2v) is 7.47. The molecule has 1 fully saturated rings. The van der Waals surface area contributed by atoms with Gasteiger partial charge in [-0.2, -0.15) is 0 Å². The Morgan fingerprint density at radius 2 is 1.86 bits per heavy atom. The number of hydrogen-bond acceptors (Lipinski definition) is 5. The number of halogens is 1. The number of aromatic amines is 1. The molecule has 2 aromatic carbocycles. The Morgan fingerprint density at radius 3 is 2.66 bits per heavy atom. The van der Waals surface area contributed by atoms with Crippen LogP contribution in [-0.4, -0.2) is 52.9 Å². The highest BCUT2D eigenvalue weighted by Crippen LogP contribution is 2.30. The monoisotopic (exact) mass is 392 g/mol. The molecule has 2 aromatic heterocycles. The van der Waals surface area contributed by atoms with Gasteiger partial charge in [0.1, 0.15) is 11.4 Å². The van der Waals surface area contributed by atoms with Crippen LogP contribution in [0.4, 0.5) is 15.9 Å². The summed E-state index contributed by atoms with van der Waals surface area (Å²) >= 11 is 0. The van der Waals surface area contributed by atoms with E-state index in [0.717, 1.165) is 37.4 Å². The number of hydrogen-bond donors (Lipinski definition) is 2. The van der Waals surface area contributed by atoms with Gasteiger partial charge >= 0.3 is 0 Å². The molecule has 0 aliphatic carbocycles. The van der Waals surface area contributed by atoms with E-state index in [-0.39, 0.29) is 27.4 Å². The van der Waals surface area contributed by atoms with E-state index in [1.807, 2.05) is 18.2 Å². The van der Waals surface area contributed by atoms with E-state index in [0.29, 0.717) is 10.9 Å². The van der Waals surface area contributed by atoms with Crippen LogP contribution < -0.4 is 16.2 Å². The first kappa shape index (κ1) is 17.7. The summed E-state index contributed by atoms with van der Waals surface area (Å²) in [5.74, 6) is 0.273. The molecular weight excluding hydrogens is 371 g/mol. The van der Waals surface area contributed by atoms with Gasteiger partial charge in [0, 0.05) is 37.3 Å². The van der Waals surface area contributed by atoms with Gasteiger partial charge in [0.2, 0.25) is 0 Å². The molecule has 0 amide bonds. The summed E-state index contributed by atoms with van der Waals surface area (Å²) in [5, 5.41) is 0.475. The van der Waals surface area contributed by atoms with E-state index < -0.39 is 5.56 Å². The zero-order chi connectivity index (χ0) is 20.1. The molecule has 0 bridgehead atoms. The summed E-state index contributed by atoms with van der Waals surface area (Å²) in [4.78, 5) is 25.1. The minimum absolute atomic E-state index is 0.0450. The molecule has 7 nitrogen and oxygen atoms in total. The number of pyridine rings is 1. The number of likely N-dealkylation sites (N-methyl/N-ethyl adjacent to an activating group) is 1. The number of nitrogens with zero attached hydrogens (tertiary/aromatic N) is 4. The van der Waals surface area contributed by atoms with Crippen molar-refractivity contribution in [3.63, 3.8) is 0 Å². The first-order chi connectivity index (χ1) is 14.0. The van der Waals surface area contributed by atoms with Gasteiger partial charge in [-0.05, 0) is 31.3 Å². The fourth-order valence-electron chi connectivity index (χ4n) is 3.94. The predicted octanol–water partition coefficient (Wildman–Crippen LogP) is 2.61. The van der Waals surface area contributed by atoms with Gasteiger partial charge in [0.05, 0.1) is 22.2 Å². The molecule has 8 heteroatoms. The fourth-order valence-corrected chi connectivity index (χ4v) is 3.94. The Morgan fingerprint density at radius 1 is 1.10 bits per heavy atom. The van der Waals surface area contributed by atoms with Crippen molar-refractivity contribution in [1.82, 2.24) is 19.7 Å². The summed E-state index contributed by atoms with van der Waals surface area (Å²) in [7, 11) is 2.12. The highest BCUT2D eigenvalue weighted by molar-refractivity contribution is 5.98. The van der Waals surface area contributed by atoms with Crippen molar-refractivity contribution in [2.75, 3.05) is 43.9 Å². The SMILES string of the molecule is CN1CCN(c2ccc3nc(-c4c(N)c5ccccc5n(F)c4=O)[nH]c3c2)CC1. The number of nitrogens with two attached hydrogens (primary N) is 1. The second-order valence-electron chi connectivity index (χ2n) is 7.47. The third-order valence-electron chi connectivity index (χ3n) is 5.64. The number of H-pyrrole nitrogens is 1. The largest absolute Gasteiger partial charge is 0.397 e. The molecule has 1 saturated heterocycles. The third kappa shape index (κ3) is 2.84. The van der Waals surface area contributed by atoms with Gasteiger partial charge in [-0.3, -0.25) is 4.79 Å². The molecule has 0 saturated carbocycles. The molecule has 29 heavy (non-hydrogen) atoms. The molecule has 0 atom stereocenters. The van der Waals surface area contributed by atoms with E-state index in [9.17, 15) is 9.28 Å². The number of fused-ring (bicyclic) bond motifs is 2. The minimum atomic E-state index is -0.820. The molecule has 0 spiro atoms. The maximum Gasteiger partial charge on any atom is 0.292 e. The van der Waals surface area contributed by atoms with Crippen molar-refractivity contribution in [1.29, 1.82) is 0 Å². The van der Waals surface area contributed by atoms with Crippen LogP contribution in [0.25, 0.3) is 33.3 Å². The number of nitrogen functional groups attached to an aromatic ring is 1. The Labute approximate surface area is 166 Å². The van der Waals surface area contributed by atoms with Gasteiger partial charge < -0.3 is 20.5 Å². The van der Waals surface area contributed by atoms with Gasteiger partial charge in [-0.25, -0.2) is 4.98 Å². The number of nitrogens with one attached hydrogen (secondary N) is 1. The number of anilines is 2. The topological polar surface area (TPSA) is 83.2 Å². The lowest BCUT2D eigenvalue weighted by molar-refractivity contribution is 0.313. The molecule has 3 heterocycles. The third-order valence-corrected chi connectivity index (χ3v) is 5.64. The van der Waals surface area contributed by atoms with Crippen LogP contribution in [0.15, 0.2) is 47.3 Å². The Kier molecular flexibility index (Phi) is 4.02. The smallest absolute Gasteiger partial charge is 0.292 e. The molecule has 0 radical (unpaired) electrons. The summed E-state index contributed by atoms with van der Waals surface area (Å²) in [6.45, 7) is 3.92. The molecule has 1 aliphatic heterocycles. The first-order valence-corrected chi connectivity index (χ1v) is 9.56. The van der Waals surface area contributed by atoms with Crippen molar-refractivity contribution in [3.05, 3.63) is 52.8 Å². The predicted molar refractivity (Wildman–Crippen MR) is 114 cm³/mol.